The lowest BCUT2D eigenvalue weighted by molar-refractivity contribution is -0.145. The van der Waals surface area contributed by atoms with Gasteiger partial charge in [-0.05, 0) is 44.2 Å². The first-order valence-corrected chi connectivity index (χ1v) is 13.9. The molecule has 5 amide bonds. The van der Waals surface area contributed by atoms with Crippen molar-refractivity contribution in [1.29, 1.82) is 0 Å². The third kappa shape index (κ3) is 11.2. The van der Waals surface area contributed by atoms with Crippen molar-refractivity contribution in [3.8, 4) is 0 Å². The molecule has 4 atom stereocenters. The molecule has 16 nitrogen and oxygen atoms in total. The zero-order valence-corrected chi connectivity index (χ0v) is 24.1. The van der Waals surface area contributed by atoms with Gasteiger partial charge in [-0.15, -0.1) is 0 Å². The fourth-order valence-corrected chi connectivity index (χ4v) is 4.46. The molecule has 1 aromatic carbocycles. The largest absolute Gasteiger partial charge is 0.480 e. The molecule has 1 saturated heterocycles. The summed E-state index contributed by atoms with van der Waals surface area (Å²) in [6.07, 6.45) is 0.949. The normalized spacial score (nSPS) is 22.6. The lowest BCUT2D eigenvalue weighted by atomic mass is 10.0. The van der Waals surface area contributed by atoms with Gasteiger partial charge in [-0.2, -0.15) is 0 Å². The first kappa shape index (κ1) is 34.5. The number of guanidine groups is 1. The van der Waals surface area contributed by atoms with E-state index < -0.39 is 72.6 Å². The lowest BCUT2D eigenvalue weighted by Gasteiger charge is -2.32. The summed E-state index contributed by atoms with van der Waals surface area (Å²) in [6, 6.07) is 2.95. The molecule has 0 aliphatic carbocycles. The van der Waals surface area contributed by atoms with Gasteiger partial charge in [-0.3, -0.25) is 29.0 Å². The van der Waals surface area contributed by atoms with Crippen molar-refractivity contribution in [3.63, 3.8) is 0 Å². The average Bonchev–Trinajstić information content (AvgIpc) is 2.97. The average molecular weight is 604 g/mol. The van der Waals surface area contributed by atoms with Crippen LogP contribution in [0.2, 0.25) is 0 Å². The summed E-state index contributed by atoms with van der Waals surface area (Å²) in [6.45, 7) is -0.0340. The van der Waals surface area contributed by atoms with Crippen molar-refractivity contribution in [2.75, 3.05) is 26.7 Å². The van der Waals surface area contributed by atoms with Crippen LogP contribution in [0.5, 0.6) is 0 Å². The highest BCUT2D eigenvalue weighted by atomic mass is 16.4. The molecule has 0 bridgehead atoms. The lowest BCUT2D eigenvalue weighted by Crippen LogP contribution is -2.57. The molecule has 16 heteroatoms. The Kier molecular flexibility index (Phi) is 13.9. The number of hydrogen-bond acceptors (Lipinski definition) is 8. The van der Waals surface area contributed by atoms with Gasteiger partial charge < -0.3 is 48.5 Å². The van der Waals surface area contributed by atoms with Gasteiger partial charge in [-0.25, -0.2) is 4.79 Å². The van der Waals surface area contributed by atoms with Gasteiger partial charge >= 0.3 is 5.97 Å². The maximum Gasteiger partial charge on any atom is 0.326 e. The highest BCUT2D eigenvalue weighted by Gasteiger charge is 2.35. The van der Waals surface area contributed by atoms with Gasteiger partial charge in [0.2, 0.25) is 29.5 Å². The minimum Gasteiger partial charge on any atom is -0.480 e. The van der Waals surface area contributed by atoms with E-state index in [-0.39, 0.29) is 25.3 Å². The molecule has 0 radical (unpaired) electrons. The predicted molar refractivity (Wildman–Crippen MR) is 156 cm³/mol. The molecule has 11 N–H and O–H groups in total. The molecular weight excluding hydrogens is 562 g/mol. The number of unbranched alkanes of at least 4 members (excludes halogenated alkanes) is 1. The summed E-state index contributed by atoms with van der Waals surface area (Å²) >= 11 is 0. The van der Waals surface area contributed by atoms with Crippen LogP contribution in [0.3, 0.4) is 0 Å². The number of nitrogens with zero attached hydrogens (tertiary/aromatic N) is 2. The highest BCUT2D eigenvalue weighted by molar-refractivity contribution is 5.97. The Labute approximate surface area is 249 Å². The molecule has 0 aromatic heterocycles. The van der Waals surface area contributed by atoms with E-state index in [0.717, 1.165) is 0 Å². The fraction of sp³-hybridized carbons (Fsp3) is 0.519. The van der Waals surface area contributed by atoms with E-state index >= 15 is 0 Å². The smallest absolute Gasteiger partial charge is 0.326 e. The number of nitrogens with two attached hydrogens (primary N) is 3. The van der Waals surface area contributed by atoms with Crippen molar-refractivity contribution in [3.05, 3.63) is 35.9 Å². The Hall–Kier alpha value is -4.73. The molecule has 0 spiro atoms. The van der Waals surface area contributed by atoms with E-state index in [1.165, 1.54) is 11.9 Å². The quantitative estimate of drug-likeness (QED) is 0.0786. The zero-order valence-electron chi connectivity index (χ0n) is 24.1. The number of hydrogen-bond donors (Lipinski definition) is 8. The van der Waals surface area contributed by atoms with Crippen molar-refractivity contribution in [2.45, 2.75) is 62.7 Å². The number of rotatable bonds is 10. The van der Waals surface area contributed by atoms with Crippen LogP contribution < -0.4 is 38.5 Å². The molecular formula is C27H41N9O7. The summed E-state index contributed by atoms with van der Waals surface area (Å²) in [5.74, 6) is -5.33. The van der Waals surface area contributed by atoms with Gasteiger partial charge in [0, 0.05) is 13.6 Å². The number of carboxylic acids is 1. The van der Waals surface area contributed by atoms with Gasteiger partial charge in [0.05, 0.1) is 13.0 Å². The molecule has 2 rings (SSSR count). The summed E-state index contributed by atoms with van der Waals surface area (Å²) in [4.78, 5) is 83.0. The first-order chi connectivity index (χ1) is 20.4. The maximum absolute atomic E-state index is 13.7. The van der Waals surface area contributed by atoms with Crippen molar-refractivity contribution in [1.82, 2.24) is 26.2 Å². The standard InChI is InChI=1S/C27H41N9O7/c1-36-19(11-5-6-12-28)23(39)35-22(16-8-3-2-4-9-16)24(40)34-18(26(42)43)14-20(37)32-15-21(38)33-17(25(36)41)10-7-13-31-27(29)30/h2-4,8-9,17-19,22H,5-7,10-15,28H2,1H3,(H,32,37)(H,33,38)(H,34,40)(H,35,39)(H,42,43)(H4,29,30,31)/t17-,18+,19-,22-/m1/s1. The molecule has 0 unspecified atom stereocenters. The Morgan fingerprint density at radius 1 is 0.953 bits per heavy atom. The monoisotopic (exact) mass is 603 g/mol. The number of benzene rings is 1. The van der Waals surface area contributed by atoms with E-state index in [1.54, 1.807) is 30.3 Å². The summed E-state index contributed by atoms with van der Waals surface area (Å²) < 4.78 is 0. The number of aliphatic carboxylic acids is 1. The van der Waals surface area contributed by atoms with E-state index in [1.807, 2.05) is 0 Å². The highest BCUT2D eigenvalue weighted by Crippen LogP contribution is 2.17. The molecule has 1 aromatic rings. The molecule has 0 saturated carbocycles. The van der Waals surface area contributed by atoms with Gasteiger partial charge in [-0.1, -0.05) is 30.3 Å². The molecule has 43 heavy (non-hydrogen) atoms. The van der Waals surface area contributed by atoms with E-state index in [0.29, 0.717) is 31.4 Å². The SMILES string of the molecule is CN1C(=O)[C@@H](CCCN=C(N)N)NC(=O)CNC(=O)C[C@@H](C(=O)O)NC(=O)[C@@H](c2ccccc2)NC(=O)[C@H]1CCCCN. The minimum absolute atomic E-state index is 0.104. The van der Waals surface area contributed by atoms with Crippen molar-refractivity contribution >= 4 is 41.5 Å². The van der Waals surface area contributed by atoms with Crippen LogP contribution in [0, 0.1) is 0 Å². The summed E-state index contributed by atoms with van der Waals surface area (Å²) in [5, 5.41) is 19.5. The van der Waals surface area contributed by atoms with Crippen LogP contribution >= 0.6 is 0 Å². The van der Waals surface area contributed by atoms with Crippen LogP contribution in [0.4, 0.5) is 0 Å². The topological polar surface area (TPSA) is 264 Å². The molecule has 236 valence electrons. The zero-order chi connectivity index (χ0) is 31.9. The van der Waals surface area contributed by atoms with Crippen LogP contribution in [0.1, 0.15) is 50.1 Å². The van der Waals surface area contributed by atoms with Crippen molar-refractivity contribution in [2.24, 2.45) is 22.2 Å². The number of likely N-dealkylation sites (N-methyl/N-ethyl adjacent to an activating group) is 1. The summed E-state index contributed by atoms with van der Waals surface area (Å²) in [7, 11) is 1.41. The Bertz CT molecular complexity index is 1170. The number of nitrogens with one attached hydrogen (secondary N) is 4. The number of carbonyl (C=O) groups excluding carboxylic acids is 5. The first-order valence-electron chi connectivity index (χ1n) is 13.9. The van der Waals surface area contributed by atoms with Gasteiger partial charge in [0.1, 0.15) is 24.2 Å². The third-order valence-electron chi connectivity index (χ3n) is 6.76. The molecule has 1 fully saturated rings. The number of aliphatic imine (C=N–C) groups is 1. The van der Waals surface area contributed by atoms with Crippen LogP contribution in [0.15, 0.2) is 35.3 Å². The van der Waals surface area contributed by atoms with Gasteiger partial charge in [0.25, 0.3) is 0 Å². The Morgan fingerprint density at radius 2 is 1.65 bits per heavy atom. The van der Waals surface area contributed by atoms with E-state index in [9.17, 15) is 33.9 Å². The van der Waals surface area contributed by atoms with E-state index in [4.69, 9.17) is 17.2 Å². The predicted octanol–water partition coefficient (Wildman–Crippen LogP) is -2.57. The molecule has 1 aliphatic rings. The third-order valence-corrected chi connectivity index (χ3v) is 6.76. The summed E-state index contributed by atoms with van der Waals surface area (Å²) in [5.41, 5.74) is 16.7. The minimum atomic E-state index is -1.65. The molecule has 1 heterocycles. The number of amides is 5. The Morgan fingerprint density at radius 3 is 2.28 bits per heavy atom. The Balaban J connectivity index is 2.51. The second-order valence-corrected chi connectivity index (χ2v) is 10.1. The van der Waals surface area contributed by atoms with Crippen LogP contribution in [-0.4, -0.2) is 96.3 Å². The molecule has 1 aliphatic heterocycles. The van der Waals surface area contributed by atoms with Crippen LogP contribution in [-0.2, 0) is 28.8 Å². The van der Waals surface area contributed by atoms with Crippen LogP contribution in [0.25, 0.3) is 0 Å². The second-order valence-electron chi connectivity index (χ2n) is 10.1. The van der Waals surface area contributed by atoms with E-state index in [2.05, 4.69) is 26.3 Å². The maximum atomic E-state index is 13.7. The van der Waals surface area contributed by atoms with Crippen molar-refractivity contribution < 1.29 is 33.9 Å². The second kappa shape index (κ2) is 17.3. The van der Waals surface area contributed by atoms with Gasteiger partial charge in [0.15, 0.2) is 5.96 Å². The number of carbonyl (C=O) groups is 6. The fourth-order valence-electron chi connectivity index (χ4n) is 4.46. The number of carboxylic acid groups (broad SMARTS) is 1.